The molecule has 0 aromatic heterocycles. The van der Waals surface area contributed by atoms with Crippen molar-refractivity contribution in [2.45, 2.75) is 17.0 Å². The van der Waals surface area contributed by atoms with Crippen molar-refractivity contribution in [3.8, 4) is 0 Å². The van der Waals surface area contributed by atoms with Crippen molar-refractivity contribution in [1.82, 2.24) is 0 Å². The van der Waals surface area contributed by atoms with E-state index in [0.717, 1.165) is 30.0 Å². The van der Waals surface area contributed by atoms with Gasteiger partial charge in [-0.25, -0.2) is 0 Å². The zero-order valence-electron chi connectivity index (χ0n) is 9.04. The second kappa shape index (κ2) is 4.99. The van der Waals surface area contributed by atoms with E-state index < -0.39 is 3.67 Å². The van der Waals surface area contributed by atoms with Gasteiger partial charge in [-0.3, -0.25) is 4.99 Å². The molecular formula is C12H13Cl2NS. The van der Waals surface area contributed by atoms with Crippen molar-refractivity contribution >= 4 is 40.7 Å². The maximum absolute atomic E-state index is 6.34. The average molecular weight is 274 g/mol. The first-order valence-corrected chi connectivity index (χ1v) is 7.04. The summed E-state index contributed by atoms with van der Waals surface area (Å²) in [5.74, 6) is 0.869. The lowest BCUT2D eigenvalue weighted by Gasteiger charge is -2.25. The number of thioether (sulfide) groups is 1. The van der Waals surface area contributed by atoms with E-state index in [0.29, 0.717) is 0 Å². The predicted octanol–water partition coefficient (Wildman–Crippen LogP) is 3.92. The highest BCUT2D eigenvalue weighted by Gasteiger charge is 2.34. The van der Waals surface area contributed by atoms with Gasteiger partial charge in [0.25, 0.3) is 0 Å². The fourth-order valence-electron chi connectivity index (χ4n) is 1.84. The van der Waals surface area contributed by atoms with E-state index in [1.165, 1.54) is 17.3 Å². The van der Waals surface area contributed by atoms with Gasteiger partial charge in [0.15, 0.2) is 0 Å². The third kappa shape index (κ3) is 2.39. The Morgan fingerprint density at radius 2 is 2.12 bits per heavy atom. The molecule has 1 aliphatic rings. The fraction of sp³-hybridized carbons (Fsp3) is 0.417. The Morgan fingerprint density at radius 3 is 2.88 bits per heavy atom. The van der Waals surface area contributed by atoms with Gasteiger partial charge in [-0.05, 0) is 17.7 Å². The molecule has 0 spiro atoms. The van der Waals surface area contributed by atoms with Crippen LogP contribution >= 0.6 is 35.0 Å². The van der Waals surface area contributed by atoms with Crippen molar-refractivity contribution in [1.29, 1.82) is 0 Å². The zero-order chi connectivity index (χ0) is 11.6. The van der Waals surface area contributed by atoms with Gasteiger partial charge in [-0.2, -0.15) is 0 Å². The average Bonchev–Trinajstić information content (AvgIpc) is 2.28. The molecule has 0 atom stereocenters. The highest BCUT2D eigenvalue weighted by molar-refractivity contribution is 8.04. The maximum Gasteiger partial charge on any atom is 0.205 e. The number of alkyl halides is 2. The van der Waals surface area contributed by atoms with Crippen LogP contribution in [0.4, 0.5) is 0 Å². The van der Waals surface area contributed by atoms with Crippen molar-refractivity contribution in [3.05, 3.63) is 35.4 Å². The Labute approximate surface area is 110 Å². The molecule has 1 nitrogen and oxygen atoms in total. The van der Waals surface area contributed by atoms with Crippen LogP contribution in [0.15, 0.2) is 29.3 Å². The van der Waals surface area contributed by atoms with E-state index in [1.54, 1.807) is 0 Å². The zero-order valence-corrected chi connectivity index (χ0v) is 11.4. The lowest BCUT2D eigenvalue weighted by Crippen LogP contribution is -2.28. The molecule has 2 rings (SSSR count). The largest absolute Gasteiger partial charge is 0.285 e. The lowest BCUT2D eigenvalue weighted by atomic mass is 9.98. The van der Waals surface area contributed by atoms with Crippen molar-refractivity contribution in [2.24, 2.45) is 4.99 Å². The van der Waals surface area contributed by atoms with Crippen LogP contribution in [0.1, 0.15) is 18.1 Å². The first-order chi connectivity index (χ1) is 7.65. The van der Waals surface area contributed by atoms with E-state index in [4.69, 9.17) is 23.2 Å². The van der Waals surface area contributed by atoms with Gasteiger partial charge in [0.1, 0.15) is 0 Å². The molecule has 0 saturated heterocycles. The Balaban J connectivity index is 2.39. The van der Waals surface area contributed by atoms with Crippen LogP contribution in [0, 0.1) is 0 Å². The van der Waals surface area contributed by atoms with Gasteiger partial charge in [0.2, 0.25) is 3.67 Å². The van der Waals surface area contributed by atoms with E-state index in [1.807, 2.05) is 25.1 Å². The van der Waals surface area contributed by atoms with Crippen LogP contribution in [0.3, 0.4) is 0 Å². The molecule has 0 saturated carbocycles. The number of halogens is 2. The summed E-state index contributed by atoms with van der Waals surface area (Å²) in [6.07, 6.45) is 0.973. The molecule has 0 amide bonds. The second-order valence-electron chi connectivity index (χ2n) is 3.59. The number of rotatable bonds is 3. The van der Waals surface area contributed by atoms with Crippen LogP contribution in [0.25, 0.3) is 0 Å². The van der Waals surface area contributed by atoms with E-state index >= 15 is 0 Å². The molecular weight excluding hydrogens is 261 g/mol. The summed E-state index contributed by atoms with van der Waals surface area (Å²) in [5, 5.41) is 0. The molecule has 4 heteroatoms. The molecule has 0 radical (unpaired) electrons. The third-order valence-electron chi connectivity index (χ3n) is 2.52. The molecule has 0 unspecified atom stereocenters. The van der Waals surface area contributed by atoms with Crippen LogP contribution < -0.4 is 0 Å². The number of benzene rings is 1. The van der Waals surface area contributed by atoms with Crippen molar-refractivity contribution < 1.29 is 0 Å². The van der Waals surface area contributed by atoms with Crippen molar-refractivity contribution in [2.75, 3.05) is 12.3 Å². The Bertz CT molecular complexity index is 415. The molecule has 1 aromatic rings. The maximum atomic E-state index is 6.34. The van der Waals surface area contributed by atoms with Crippen molar-refractivity contribution in [3.63, 3.8) is 0 Å². The van der Waals surface area contributed by atoms with Gasteiger partial charge in [-0.15, -0.1) is 11.8 Å². The normalized spacial score (nSPS) is 15.6. The van der Waals surface area contributed by atoms with Gasteiger partial charge in [0.05, 0.1) is 5.71 Å². The molecule has 16 heavy (non-hydrogen) atoms. The Morgan fingerprint density at radius 1 is 1.38 bits per heavy atom. The predicted molar refractivity (Wildman–Crippen MR) is 74.1 cm³/mol. The standard InChI is InChI=1S/C12H13Cl2NS/c1-2-16-12(13,14)11-10-6-4-3-5-9(10)7-8-15-11/h3-6H,2,7-8H2,1H3. The summed E-state index contributed by atoms with van der Waals surface area (Å²) in [6, 6.07) is 8.20. The minimum absolute atomic E-state index is 0.776. The van der Waals surface area contributed by atoms with Crippen LogP contribution in [0.5, 0.6) is 0 Å². The minimum Gasteiger partial charge on any atom is -0.285 e. The van der Waals surface area contributed by atoms with Gasteiger partial charge in [-0.1, -0.05) is 54.4 Å². The van der Waals surface area contributed by atoms with E-state index in [9.17, 15) is 0 Å². The lowest BCUT2D eigenvalue weighted by molar-refractivity contribution is 0.938. The highest BCUT2D eigenvalue weighted by atomic mass is 35.5. The van der Waals surface area contributed by atoms with Crippen LogP contribution in [-0.2, 0) is 6.42 Å². The molecule has 0 bridgehead atoms. The van der Waals surface area contributed by atoms with E-state index in [2.05, 4.69) is 11.1 Å². The van der Waals surface area contributed by atoms with Gasteiger partial charge < -0.3 is 0 Å². The summed E-state index contributed by atoms with van der Waals surface area (Å²) >= 11 is 14.2. The first-order valence-electron chi connectivity index (χ1n) is 5.30. The SMILES string of the molecule is CCSC(Cl)(Cl)C1=NCCc2ccccc21. The Kier molecular flexibility index (Phi) is 3.83. The molecule has 0 N–H and O–H groups in total. The minimum atomic E-state index is -0.925. The number of hydrogen-bond donors (Lipinski definition) is 0. The monoisotopic (exact) mass is 273 g/mol. The summed E-state index contributed by atoms with van der Waals surface area (Å²) in [6.45, 7) is 2.82. The Hall–Kier alpha value is -0.180. The van der Waals surface area contributed by atoms with Crippen LogP contribution in [-0.4, -0.2) is 21.7 Å². The smallest absolute Gasteiger partial charge is 0.205 e. The number of hydrogen-bond acceptors (Lipinski definition) is 2. The number of aliphatic imine (C=N–C) groups is 1. The topological polar surface area (TPSA) is 12.4 Å². The summed E-state index contributed by atoms with van der Waals surface area (Å²) in [5.41, 5.74) is 3.19. The molecule has 86 valence electrons. The van der Waals surface area contributed by atoms with Gasteiger partial charge >= 0.3 is 0 Å². The molecule has 1 aromatic carbocycles. The number of nitrogens with zero attached hydrogens (tertiary/aromatic N) is 1. The molecule has 1 aliphatic heterocycles. The van der Waals surface area contributed by atoms with E-state index in [-0.39, 0.29) is 0 Å². The second-order valence-corrected chi connectivity index (χ2v) is 6.84. The molecule has 0 fully saturated rings. The molecule has 0 aliphatic carbocycles. The summed E-state index contributed by atoms with van der Waals surface area (Å²) in [4.78, 5) is 4.49. The quantitative estimate of drug-likeness (QED) is 0.761. The summed E-state index contributed by atoms with van der Waals surface area (Å²) < 4.78 is -0.925. The third-order valence-corrected chi connectivity index (χ3v) is 4.38. The van der Waals surface area contributed by atoms with Crippen LogP contribution in [0.2, 0.25) is 0 Å². The highest BCUT2D eigenvalue weighted by Crippen LogP contribution is 2.40. The fourth-order valence-corrected chi connectivity index (χ4v) is 3.49. The number of fused-ring (bicyclic) bond motifs is 1. The molecule has 1 heterocycles. The summed E-state index contributed by atoms with van der Waals surface area (Å²) in [7, 11) is 0. The van der Waals surface area contributed by atoms with Gasteiger partial charge in [0, 0.05) is 12.1 Å². The first kappa shape index (κ1) is 12.3.